The van der Waals surface area contributed by atoms with E-state index in [1.165, 1.54) is 20.8 Å². The zero-order valence-electron chi connectivity index (χ0n) is 21.3. The molecule has 2 aliphatic rings. The molecule has 0 aromatic heterocycles. The predicted octanol–water partition coefficient (Wildman–Crippen LogP) is 5.46. The molecule has 0 amide bonds. The number of esters is 3. The fourth-order valence-electron chi connectivity index (χ4n) is 6.66. The molecule has 32 heavy (non-hydrogen) atoms. The summed E-state index contributed by atoms with van der Waals surface area (Å²) in [4.78, 5) is 34.9. The van der Waals surface area contributed by atoms with Gasteiger partial charge in [0, 0.05) is 31.6 Å². The number of rotatable bonds is 9. The molecule has 0 aromatic rings. The Morgan fingerprint density at radius 3 is 2.19 bits per heavy atom. The van der Waals surface area contributed by atoms with Gasteiger partial charge in [-0.1, -0.05) is 40.5 Å². The van der Waals surface area contributed by atoms with Gasteiger partial charge in [0.2, 0.25) is 0 Å². The first-order valence-corrected chi connectivity index (χ1v) is 12.3. The van der Waals surface area contributed by atoms with Crippen molar-refractivity contribution in [1.82, 2.24) is 0 Å². The summed E-state index contributed by atoms with van der Waals surface area (Å²) in [5, 5.41) is 0. The summed E-state index contributed by atoms with van der Waals surface area (Å²) >= 11 is 0. The Labute approximate surface area is 194 Å². The molecule has 2 fully saturated rings. The molecule has 2 saturated carbocycles. The maximum Gasteiger partial charge on any atom is 0.302 e. The van der Waals surface area contributed by atoms with Gasteiger partial charge < -0.3 is 14.2 Å². The molecule has 0 aromatic carbocycles. The highest BCUT2D eigenvalue weighted by Crippen LogP contribution is 2.61. The highest BCUT2D eigenvalue weighted by Gasteiger charge is 2.58. The highest BCUT2D eigenvalue weighted by atomic mass is 16.5. The minimum absolute atomic E-state index is 0.0113. The average Bonchev–Trinajstić information content (AvgIpc) is 2.68. The quantitative estimate of drug-likeness (QED) is 0.341. The lowest BCUT2D eigenvalue weighted by Gasteiger charge is -2.59. The molecular formula is C26H44O6. The van der Waals surface area contributed by atoms with Gasteiger partial charge in [0.15, 0.2) is 0 Å². The van der Waals surface area contributed by atoms with Gasteiger partial charge >= 0.3 is 17.9 Å². The van der Waals surface area contributed by atoms with E-state index in [0.29, 0.717) is 19.1 Å². The van der Waals surface area contributed by atoms with Crippen LogP contribution in [0.25, 0.3) is 0 Å². The molecule has 0 unspecified atom stereocenters. The average molecular weight is 453 g/mol. The smallest absolute Gasteiger partial charge is 0.302 e. The van der Waals surface area contributed by atoms with Crippen LogP contribution in [0.5, 0.6) is 0 Å². The van der Waals surface area contributed by atoms with Crippen LogP contribution in [0.4, 0.5) is 0 Å². The second-order valence-electron chi connectivity index (χ2n) is 11.2. The third-order valence-electron chi connectivity index (χ3n) is 8.52. The molecule has 0 spiro atoms. The van der Waals surface area contributed by atoms with Crippen molar-refractivity contribution >= 4 is 17.9 Å². The summed E-state index contributed by atoms with van der Waals surface area (Å²) in [5.41, 5.74) is -0.241. The predicted molar refractivity (Wildman–Crippen MR) is 123 cm³/mol. The number of ether oxygens (including phenoxy) is 3. The Balaban J connectivity index is 2.27. The van der Waals surface area contributed by atoms with Gasteiger partial charge in [-0.25, -0.2) is 0 Å². The summed E-state index contributed by atoms with van der Waals surface area (Å²) in [6.45, 7) is 14.2. The normalized spacial score (nSPS) is 34.0. The van der Waals surface area contributed by atoms with E-state index in [1.807, 2.05) is 0 Å². The fraction of sp³-hybridized carbons (Fsp3) is 0.885. The van der Waals surface area contributed by atoms with Crippen LogP contribution < -0.4 is 0 Å². The molecule has 0 N–H and O–H groups in total. The van der Waals surface area contributed by atoms with Gasteiger partial charge in [0.25, 0.3) is 0 Å². The minimum Gasteiger partial charge on any atom is -0.466 e. The molecule has 0 heterocycles. The fourth-order valence-corrected chi connectivity index (χ4v) is 6.66. The Bertz CT molecular complexity index is 690. The van der Waals surface area contributed by atoms with Gasteiger partial charge in [-0.05, 0) is 55.8 Å². The van der Waals surface area contributed by atoms with Gasteiger partial charge in [-0.3, -0.25) is 14.4 Å². The summed E-state index contributed by atoms with van der Waals surface area (Å²) in [7, 11) is 0. The zero-order chi connectivity index (χ0) is 24.2. The lowest BCUT2D eigenvalue weighted by Crippen LogP contribution is -2.58. The van der Waals surface area contributed by atoms with Crippen LogP contribution in [0.2, 0.25) is 0 Å². The van der Waals surface area contributed by atoms with Crippen molar-refractivity contribution in [1.29, 1.82) is 0 Å². The van der Waals surface area contributed by atoms with Crippen LogP contribution in [0.1, 0.15) is 99.8 Å². The van der Waals surface area contributed by atoms with Crippen molar-refractivity contribution in [3.8, 4) is 0 Å². The van der Waals surface area contributed by atoms with Crippen molar-refractivity contribution < 1.29 is 28.6 Å². The molecule has 2 rings (SSSR count). The van der Waals surface area contributed by atoms with Crippen LogP contribution in [0.15, 0.2) is 0 Å². The van der Waals surface area contributed by atoms with Gasteiger partial charge in [0.05, 0.1) is 13.2 Å². The van der Waals surface area contributed by atoms with Crippen molar-refractivity contribution in [2.75, 3.05) is 13.2 Å². The first-order valence-electron chi connectivity index (χ1n) is 12.3. The second-order valence-corrected chi connectivity index (χ2v) is 11.2. The first-order chi connectivity index (χ1) is 14.8. The SMILES string of the molecule is CC[C@@](C)(CCOC(C)=O)C[C@H]1CC[C@@H]2[C@](C)(COC(C)=O)CCC[C@@]2(C)[C@@H]1OC(C)=O. The first kappa shape index (κ1) is 26.7. The van der Waals surface area contributed by atoms with Crippen LogP contribution in [-0.2, 0) is 28.6 Å². The van der Waals surface area contributed by atoms with E-state index >= 15 is 0 Å². The molecule has 6 heteroatoms. The molecule has 0 aliphatic heterocycles. The lowest BCUT2D eigenvalue weighted by molar-refractivity contribution is -0.195. The Morgan fingerprint density at radius 2 is 1.62 bits per heavy atom. The summed E-state index contributed by atoms with van der Waals surface area (Å²) in [6.07, 6.45) is 7.65. The van der Waals surface area contributed by atoms with Crippen molar-refractivity contribution in [2.45, 2.75) is 106 Å². The maximum absolute atomic E-state index is 12.2. The van der Waals surface area contributed by atoms with Gasteiger partial charge in [-0.15, -0.1) is 0 Å². The van der Waals surface area contributed by atoms with Crippen molar-refractivity contribution in [3.05, 3.63) is 0 Å². The van der Waals surface area contributed by atoms with Crippen LogP contribution in [0.3, 0.4) is 0 Å². The van der Waals surface area contributed by atoms with E-state index in [9.17, 15) is 14.4 Å². The number of carbonyl (C=O) groups excluding carboxylic acids is 3. The second kappa shape index (κ2) is 10.6. The van der Waals surface area contributed by atoms with E-state index in [-0.39, 0.29) is 46.2 Å². The summed E-state index contributed by atoms with van der Waals surface area (Å²) in [6, 6.07) is 0. The Morgan fingerprint density at radius 1 is 0.969 bits per heavy atom. The molecule has 0 bridgehead atoms. The largest absolute Gasteiger partial charge is 0.466 e. The van der Waals surface area contributed by atoms with Gasteiger partial charge in [0.1, 0.15) is 6.10 Å². The van der Waals surface area contributed by atoms with Crippen molar-refractivity contribution in [3.63, 3.8) is 0 Å². The molecule has 6 atom stereocenters. The number of fused-ring (bicyclic) bond motifs is 1. The standard InChI is InChI=1S/C26H44O6/c1-8-24(5,14-15-30-18(2)27)16-21-10-11-22-25(6,17-31-19(3)28)12-9-13-26(22,7)23(21)32-20(4)29/h21-23H,8-17H2,1-7H3/t21-,22-,23-,24+,25+,26-/m1/s1. The topological polar surface area (TPSA) is 78.9 Å². The molecule has 2 aliphatic carbocycles. The van der Waals surface area contributed by atoms with E-state index in [4.69, 9.17) is 14.2 Å². The third-order valence-corrected chi connectivity index (χ3v) is 8.52. The molecule has 0 saturated heterocycles. The van der Waals surface area contributed by atoms with Crippen LogP contribution in [-0.4, -0.2) is 37.2 Å². The zero-order valence-corrected chi connectivity index (χ0v) is 21.3. The van der Waals surface area contributed by atoms with Crippen molar-refractivity contribution in [2.24, 2.45) is 28.1 Å². The van der Waals surface area contributed by atoms with E-state index in [0.717, 1.165) is 51.4 Å². The third kappa shape index (κ3) is 6.26. The molecule has 184 valence electrons. The van der Waals surface area contributed by atoms with Crippen LogP contribution in [0, 0.1) is 28.1 Å². The maximum atomic E-state index is 12.2. The van der Waals surface area contributed by atoms with E-state index < -0.39 is 0 Å². The Kier molecular flexibility index (Phi) is 8.80. The molecule has 6 nitrogen and oxygen atoms in total. The molecule has 0 radical (unpaired) electrons. The van der Waals surface area contributed by atoms with Gasteiger partial charge in [-0.2, -0.15) is 0 Å². The van der Waals surface area contributed by atoms with Crippen LogP contribution >= 0.6 is 0 Å². The highest BCUT2D eigenvalue weighted by molar-refractivity contribution is 5.66. The van der Waals surface area contributed by atoms with E-state index in [1.54, 1.807) is 0 Å². The number of carbonyl (C=O) groups is 3. The Hall–Kier alpha value is -1.59. The monoisotopic (exact) mass is 452 g/mol. The summed E-state index contributed by atoms with van der Waals surface area (Å²) in [5.74, 6) is -0.123. The molecular weight excluding hydrogens is 408 g/mol. The van der Waals surface area contributed by atoms with E-state index in [2.05, 4.69) is 27.7 Å². The number of hydrogen-bond acceptors (Lipinski definition) is 6. The lowest BCUT2D eigenvalue weighted by atomic mass is 9.48. The summed E-state index contributed by atoms with van der Waals surface area (Å²) < 4.78 is 16.8. The number of hydrogen-bond donors (Lipinski definition) is 0. The minimum atomic E-state index is -0.247.